The minimum absolute atomic E-state index is 0.0964. The molecule has 0 spiro atoms. The van der Waals surface area contributed by atoms with Crippen LogP contribution < -0.4 is 15.4 Å². The molecule has 2 aromatic rings. The predicted octanol–water partition coefficient (Wildman–Crippen LogP) is 5.04. The van der Waals surface area contributed by atoms with Crippen LogP contribution in [0.3, 0.4) is 0 Å². The number of amides is 2. The van der Waals surface area contributed by atoms with Gasteiger partial charge in [-0.25, -0.2) is 0 Å². The van der Waals surface area contributed by atoms with E-state index in [0.29, 0.717) is 30.0 Å². The number of anilines is 1. The second-order valence-corrected chi connectivity index (χ2v) is 6.72. The summed E-state index contributed by atoms with van der Waals surface area (Å²) in [5.41, 5.74) is 1.79. The van der Waals surface area contributed by atoms with Crippen molar-refractivity contribution >= 4 is 17.5 Å². The Kier molecular flexibility index (Phi) is 9.05. The smallest absolute Gasteiger partial charge is 0.255 e. The van der Waals surface area contributed by atoms with Gasteiger partial charge in [0.05, 0.1) is 6.61 Å². The van der Waals surface area contributed by atoms with E-state index in [2.05, 4.69) is 24.5 Å². The van der Waals surface area contributed by atoms with E-state index in [1.807, 2.05) is 12.1 Å². The number of ether oxygens (including phenoxy) is 1. The fourth-order valence-electron chi connectivity index (χ4n) is 2.63. The van der Waals surface area contributed by atoms with E-state index in [1.165, 1.54) is 0 Å². The summed E-state index contributed by atoms with van der Waals surface area (Å²) in [5.74, 6) is 0.477. The Bertz CT molecular complexity index is 739. The second-order valence-electron chi connectivity index (χ2n) is 6.72. The maximum atomic E-state index is 12.4. The third kappa shape index (κ3) is 7.06. The molecule has 0 aliphatic heterocycles. The van der Waals surface area contributed by atoms with Crippen molar-refractivity contribution < 1.29 is 14.3 Å². The molecule has 0 heterocycles. The Morgan fingerprint density at radius 2 is 1.39 bits per heavy atom. The molecule has 0 aliphatic rings. The fourth-order valence-corrected chi connectivity index (χ4v) is 2.63. The SMILES string of the molecule is CCCCCOc1ccc(C(=O)Nc2ccc(C(=O)NCCCC)cc2)cc1. The van der Waals surface area contributed by atoms with Crippen molar-refractivity contribution in [1.29, 1.82) is 0 Å². The number of nitrogens with one attached hydrogen (secondary N) is 2. The number of carbonyl (C=O) groups is 2. The summed E-state index contributed by atoms with van der Waals surface area (Å²) in [7, 11) is 0. The van der Waals surface area contributed by atoms with Gasteiger partial charge in [-0.15, -0.1) is 0 Å². The zero-order valence-corrected chi connectivity index (χ0v) is 16.8. The molecule has 0 aliphatic carbocycles. The quantitative estimate of drug-likeness (QED) is 0.535. The molecule has 5 heteroatoms. The first-order chi connectivity index (χ1) is 13.6. The average molecular weight is 383 g/mol. The lowest BCUT2D eigenvalue weighted by Gasteiger charge is -2.09. The van der Waals surface area contributed by atoms with Crippen molar-refractivity contribution in [2.45, 2.75) is 46.0 Å². The highest BCUT2D eigenvalue weighted by molar-refractivity contribution is 6.04. The lowest BCUT2D eigenvalue weighted by molar-refractivity contribution is 0.0952. The van der Waals surface area contributed by atoms with E-state index < -0.39 is 0 Å². The number of rotatable bonds is 11. The van der Waals surface area contributed by atoms with Gasteiger partial charge in [0.25, 0.3) is 11.8 Å². The van der Waals surface area contributed by atoms with Crippen LogP contribution in [-0.2, 0) is 0 Å². The van der Waals surface area contributed by atoms with Crippen LogP contribution in [0.25, 0.3) is 0 Å². The Balaban J connectivity index is 1.85. The first-order valence-electron chi connectivity index (χ1n) is 10.1. The summed E-state index contributed by atoms with van der Waals surface area (Å²) < 4.78 is 5.66. The van der Waals surface area contributed by atoms with Gasteiger partial charge < -0.3 is 15.4 Å². The number of carbonyl (C=O) groups excluding carboxylic acids is 2. The van der Waals surface area contributed by atoms with Crippen molar-refractivity contribution in [3.8, 4) is 5.75 Å². The van der Waals surface area contributed by atoms with Crippen LogP contribution in [-0.4, -0.2) is 25.0 Å². The van der Waals surface area contributed by atoms with Crippen molar-refractivity contribution in [3.05, 3.63) is 59.7 Å². The summed E-state index contributed by atoms with van der Waals surface area (Å²) in [4.78, 5) is 24.4. The van der Waals surface area contributed by atoms with E-state index >= 15 is 0 Å². The number of hydrogen-bond acceptors (Lipinski definition) is 3. The van der Waals surface area contributed by atoms with Crippen molar-refractivity contribution in [2.24, 2.45) is 0 Å². The van der Waals surface area contributed by atoms with Gasteiger partial charge in [-0.3, -0.25) is 9.59 Å². The van der Waals surface area contributed by atoms with Crippen molar-refractivity contribution in [1.82, 2.24) is 5.32 Å². The first kappa shape index (κ1) is 21.5. The second kappa shape index (κ2) is 11.8. The van der Waals surface area contributed by atoms with E-state index in [-0.39, 0.29) is 11.8 Å². The first-order valence-corrected chi connectivity index (χ1v) is 10.1. The Morgan fingerprint density at radius 3 is 2.04 bits per heavy atom. The molecule has 0 fully saturated rings. The Morgan fingerprint density at radius 1 is 0.786 bits per heavy atom. The third-order valence-corrected chi connectivity index (χ3v) is 4.35. The maximum absolute atomic E-state index is 12.4. The summed E-state index contributed by atoms with van der Waals surface area (Å²) in [6.45, 7) is 5.60. The standard InChI is InChI=1S/C23H30N2O3/c1-3-5-7-17-28-21-14-10-19(11-15-21)23(27)25-20-12-8-18(9-13-20)22(26)24-16-6-4-2/h8-15H,3-7,16-17H2,1-2H3,(H,24,26)(H,25,27). The van der Waals surface area contributed by atoms with Crippen LogP contribution in [0.15, 0.2) is 48.5 Å². The lowest BCUT2D eigenvalue weighted by atomic mass is 10.1. The van der Waals surface area contributed by atoms with Gasteiger partial charge in [0, 0.05) is 23.4 Å². The molecule has 0 saturated carbocycles. The summed E-state index contributed by atoms with van der Waals surface area (Å²) in [6.07, 6.45) is 5.34. The van der Waals surface area contributed by atoms with Crippen LogP contribution in [0.5, 0.6) is 5.75 Å². The Labute approximate surface area is 167 Å². The molecule has 28 heavy (non-hydrogen) atoms. The molecule has 2 aromatic carbocycles. The molecule has 0 radical (unpaired) electrons. The average Bonchev–Trinajstić information content (AvgIpc) is 2.72. The van der Waals surface area contributed by atoms with Gasteiger partial charge in [0.1, 0.15) is 5.75 Å². The van der Waals surface area contributed by atoms with E-state index in [1.54, 1.807) is 36.4 Å². The van der Waals surface area contributed by atoms with Gasteiger partial charge >= 0.3 is 0 Å². The monoisotopic (exact) mass is 382 g/mol. The summed E-state index contributed by atoms with van der Waals surface area (Å²) in [5, 5.41) is 5.72. The van der Waals surface area contributed by atoms with Crippen LogP contribution >= 0.6 is 0 Å². The van der Waals surface area contributed by atoms with Crippen molar-refractivity contribution in [3.63, 3.8) is 0 Å². The molecule has 2 N–H and O–H groups in total. The third-order valence-electron chi connectivity index (χ3n) is 4.35. The van der Waals surface area contributed by atoms with Crippen LogP contribution in [0.2, 0.25) is 0 Å². The highest BCUT2D eigenvalue weighted by atomic mass is 16.5. The molecular weight excluding hydrogens is 352 g/mol. The largest absolute Gasteiger partial charge is 0.494 e. The van der Waals surface area contributed by atoms with Gasteiger partial charge in [0.2, 0.25) is 0 Å². The van der Waals surface area contributed by atoms with E-state index in [0.717, 1.165) is 37.9 Å². The molecule has 0 aromatic heterocycles. The molecule has 2 amide bonds. The molecule has 5 nitrogen and oxygen atoms in total. The highest BCUT2D eigenvalue weighted by Crippen LogP contribution is 2.15. The van der Waals surface area contributed by atoms with Gasteiger partial charge in [-0.1, -0.05) is 33.1 Å². The molecule has 2 rings (SSSR count). The van der Waals surface area contributed by atoms with Gasteiger partial charge in [-0.2, -0.15) is 0 Å². The van der Waals surface area contributed by atoms with Gasteiger partial charge in [0.15, 0.2) is 0 Å². The predicted molar refractivity (Wildman–Crippen MR) is 113 cm³/mol. The van der Waals surface area contributed by atoms with Crippen LogP contribution in [0.1, 0.15) is 66.7 Å². The molecule has 0 saturated heterocycles. The number of benzene rings is 2. The molecular formula is C23H30N2O3. The molecule has 0 bridgehead atoms. The minimum atomic E-state index is -0.197. The maximum Gasteiger partial charge on any atom is 0.255 e. The summed E-state index contributed by atoms with van der Waals surface area (Å²) >= 11 is 0. The lowest BCUT2D eigenvalue weighted by Crippen LogP contribution is -2.24. The van der Waals surface area contributed by atoms with E-state index in [4.69, 9.17) is 4.74 Å². The zero-order chi connectivity index (χ0) is 20.2. The van der Waals surface area contributed by atoms with E-state index in [9.17, 15) is 9.59 Å². The highest BCUT2D eigenvalue weighted by Gasteiger charge is 2.08. The van der Waals surface area contributed by atoms with Crippen LogP contribution in [0, 0.1) is 0 Å². The fraction of sp³-hybridized carbons (Fsp3) is 0.391. The number of hydrogen-bond donors (Lipinski definition) is 2. The zero-order valence-electron chi connectivity index (χ0n) is 16.8. The summed E-state index contributed by atoms with van der Waals surface area (Å²) in [6, 6.07) is 14.0. The van der Waals surface area contributed by atoms with Crippen LogP contribution in [0.4, 0.5) is 5.69 Å². The number of unbranched alkanes of at least 4 members (excludes halogenated alkanes) is 3. The molecule has 0 unspecified atom stereocenters. The topological polar surface area (TPSA) is 67.4 Å². The molecule has 0 atom stereocenters. The van der Waals surface area contributed by atoms with Crippen molar-refractivity contribution in [2.75, 3.05) is 18.5 Å². The minimum Gasteiger partial charge on any atom is -0.494 e. The molecule has 150 valence electrons. The Hall–Kier alpha value is -2.82. The normalized spacial score (nSPS) is 10.4. The van der Waals surface area contributed by atoms with Gasteiger partial charge in [-0.05, 0) is 61.4 Å².